The van der Waals surface area contributed by atoms with Gasteiger partial charge in [0.1, 0.15) is 6.16 Å². The van der Waals surface area contributed by atoms with E-state index in [-0.39, 0.29) is 0 Å². The Morgan fingerprint density at radius 1 is 1.05 bits per heavy atom. The van der Waals surface area contributed by atoms with E-state index in [0.717, 1.165) is 38.5 Å². The molecule has 0 heterocycles. The molecule has 0 radical (unpaired) electrons. The third-order valence-corrected chi connectivity index (χ3v) is 3.71. The van der Waals surface area contributed by atoms with Crippen molar-refractivity contribution in [1.82, 2.24) is 0 Å². The first-order valence-corrected chi connectivity index (χ1v) is 8.75. The molecule has 0 fully saturated rings. The Labute approximate surface area is 118 Å². The van der Waals surface area contributed by atoms with Gasteiger partial charge in [-0.15, -0.1) is 0 Å². The molecule has 5 heteroatoms. The summed E-state index contributed by atoms with van der Waals surface area (Å²) in [4.78, 5) is 22.8. The van der Waals surface area contributed by atoms with Crippen molar-refractivity contribution < 1.29 is 19.2 Å². The molecule has 0 rings (SSSR count). The lowest BCUT2D eigenvalue weighted by atomic mass is 10.3. The molecule has 0 spiro atoms. The van der Waals surface area contributed by atoms with Crippen molar-refractivity contribution in [2.24, 2.45) is 0 Å². The Hall–Kier alpha value is -0.440. The van der Waals surface area contributed by atoms with Crippen LogP contribution in [0.4, 0.5) is 0 Å². The van der Waals surface area contributed by atoms with Gasteiger partial charge in [0.05, 0.1) is 21.0 Å². The average molecular weight is 290 g/mol. The third-order valence-electron chi connectivity index (χ3n) is 2.59. The van der Waals surface area contributed by atoms with Gasteiger partial charge in [0, 0.05) is 6.61 Å². The minimum atomic E-state index is -1.64. The molecule has 0 aliphatic rings. The standard InChI is InChI=1S/C14H27O4P/c1-3-5-7-9-17-11-12-19(16)13-14(15)18-10-8-6-4-2/h13H,3-12H2,1-2H3. The first kappa shape index (κ1) is 18.6. The van der Waals surface area contributed by atoms with Crippen molar-refractivity contribution in [3.63, 3.8) is 0 Å². The molecule has 0 aliphatic heterocycles. The van der Waals surface area contributed by atoms with E-state index < -0.39 is 13.7 Å². The number of carbonyl (C=O) groups excluding carboxylic acids is 1. The zero-order valence-corrected chi connectivity index (χ0v) is 13.1. The molecule has 0 N–H and O–H groups in total. The highest BCUT2D eigenvalue weighted by Gasteiger charge is 2.05. The van der Waals surface area contributed by atoms with Crippen LogP contribution in [0.15, 0.2) is 0 Å². The Balaban J connectivity index is 3.54. The second kappa shape index (κ2) is 14.0. The SMILES string of the molecule is CCCCCOCC[P+]([O-])=CC(=O)OCCCCC. The number of unbranched alkanes of at least 4 members (excludes halogenated alkanes) is 4. The Kier molecular flexibility index (Phi) is 13.7. The van der Waals surface area contributed by atoms with Crippen LogP contribution in [0.1, 0.15) is 52.4 Å². The zero-order valence-electron chi connectivity index (χ0n) is 12.2. The van der Waals surface area contributed by atoms with Gasteiger partial charge >= 0.3 is 5.97 Å². The molecular formula is C14H27O4P. The maximum Gasteiger partial charge on any atom is 0.373 e. The molecule has 19 heavy (non-hydrogen) atoms. The van der Waals surface area contributed by atoms with Gasteiger partial charge in [-0.2, -0.15) is 0 Å². The summed E-state index contributed by atoms with van der Waals surface area (Å²) in [6.07, 6.45) is 6.75. The molecule has 0 saturated heterocycles. The summed E-state index contributed by atoms with van der Waals surface area (Å²) in [7, 11) is -1.64. The molecule has 1 unspecified atom stereocenters. The van der Waals surface area contributed by atoms with Gasteiger partial charge in [0.15, 0.2) is 5.80 Å². The van der Waals surface area contributed by atoms with Gasteiger partial charge in [0.25, 0.3) is 0 Å². The van der Waals surface area contributed by atoms with E-state index in [4.69, 9.17) is 9.47 Å². The third kappa shape index (κ3) is 13.8. The van der Waals surface area contributed by atoms with Gasteiger partial charge in [-0.05, 0) is 12.8 Å². The summed E-state index contributed by atoms with van der Waals surface area (Å²) < 4.78 is 10.3. The zero-order chi connectivity index (χ0) is 14.3. The fourth-order valence-electron chi connectivity index (χ4n) is 1.45. The van der Waals surface area contributed by atoms with Crippen molar-refractivity contribution >= 4 is 19.5 Å². The summed E-state index contributed by atoms with van der Waals surface area (Å²) >= 11 is 0. The van der Waals surface area contributed by atoms with Crippen LogP contribution >= 0.6 is 7.77 Å². The lowest BCUT2D eigenvalue weighted by Crippen LogP contribution is -2.11. The number of ether oxygens (including phenoxy) is 2. The number of hydrogen-bond donors (Lipinski definition) is 0. The van der Waals surface area contributed by atoms with E-state index in [1.807, 2.05) is 0 Å². The largest absolute Gasteiger partial charge is 0.630 e. The maximum atomic E-state index is 11.5. The summed E-state index contributed by atoms with van der Waals surface area (Å²) in [6, 6.07) is 0. The van der Waals surface area contributed by atoms with Gasteiger partial charge in [-0.1, -0.05) is 39.5 Å². The van der Waals surface area contributed by atoms with E-state index in [9.17, 15) is 9.69 Å². The monoisotopic (exact) mass is 290 g/mol. The molecule has 0 aliphatic carbocycles. The topological polar surface area (TPSA) is 58.6 Å². The quantitative estimate of drug-likeness (QED) is 0.315. The van der Waals surface area contributed by atoms with Crippen molar-refractivity contribution in [3.05, 3.63) is 0 Å². The number of rotatable bonds is 12. The minimum absolute atomic E-state index is 0.394. The smallest absolute Gasteiger partial charge is 0.373 e. The van der Waals surface area contributed by atoms with Crippen LogP contribution in [0.25, 0.3) is 0 Å². The number of carbonyl (C=O) groups is 1. The highest BCUT2D eigenvalue weighted by atomic mass is 31.1. The fourth-order valence-corrected chi connectivity index (χ4v) is 2.20. The lowest BCUT2D eigenvalue weighted by molar-refractivity contribution is -0.153. The average Bonchev–Trinajstić information content (AvgIpc) is 2.39. The van der Waals surface area contributed by atoms with Crippen molar-refractivity contribution in [1.29, 1.82) is 0 Å². The van der Waals surface area contributed by atoms with Crippen LogP contribution < -0.4 is 4.89 Å². The highest BCUT2D eigenvalue weighted by molar-refractivity contribution is 7.52. The van der Waals surface area contributed by atoms with Crippen LogP contribution in [0.3, 0.4) is 0 Å². The van der Waals surface area contributed by atoms with Gasteiger partial charge in [0.2, 0.25) is 0 Å². The van der Waals surface area contributed by atoms with Gasteiger partial charge < -0.3 is 14.4 Å². The second-order valence-electron chi connectivity index (χ2n) is 4.46. The summed E-state index contributed by atoms with van der Waals surface area (Å²) in [5, 5.41) is 0. The van der Waals surface area contributed by atoms with Crippen molar-refractivity contribution in [2.45, 2.75) is 52.4 Å². The molecule has 1 atom stereocenters. The molecule has 0 aromatic heterocycles. The van der Waals surface area contributed by atoms with Gasteiger partial charge in [-0.3, -0.25) is 0 Å². The molecule has 0 aromatic carbocycles. The predicted octanol–water partition coefficient (Wildman–Crippen LogP) is 2.49. The van der Waals surface area contributed by atoms with E-state index in [0.29, 0.717) is 26.0 Å². The van der Waals surface area contributed by atoms with Crippen LogP contribution in [-0.4, -0.2) is 37.7 Å². The fraction of sp³-hybridized carbons (Fsp3) is 0.857. The molecule has 0 bridgehead atoms. The van der Waals surface area contributed by atoms with E-state index in [2.05, 4.69) is 13.8 Å². The normalized spacial score (nSPS) is 11.6. The molecule has 0 amide bonds. The van der Waals surface area contributed by atoms with E-state index in [1.165, 1.54) is 5.80 Å². The van der Waals surface area contributed by atoms with Crippen LogP contribution in [0, 0.1) is 0 Å². The Bertz CT molecular complexity index is 254. The first-order valence-electron chi connectivity index (χ1n) is 7.23. The Morgan fingerprint density at radius 2 is 1.68 bits per heavy atom. The summed E-state index contributed by atoms with van der Waals surface area (Å²) in [5.41, 5.74) is 0. The molecule has 4 nitrogen and oxygen atoms in total. The number of hydrogen-bond acceptors (Lipinski definition) is 4. The maximum absolute atomic E-state index is 11.5. The van der Waals surface area contributed by atoms with Crippen LogP contribution in [-0.2, 0) is 14.3 Å². The molecule has 112 valence electrons. The van der Waals surface area contributed by atoms with E-state index >= 15 is 0 Å². The lowest BCUT2D eigenvalue weighted by Gasteiger charge is -2.03. The van der Waals surface area contributed by atoms with Crippen LogP contribution in [0.2, 0.25) is 0 Å². The highest BCUT2D eigenvalue weighted by Crippen LogP contribution is 2.08. The van der Waals surface area contributed by atoms with E-state index in [1.54, 1.807) is 0 Å². The first-order chi connectivity index (χ1) is 9.20. The van der Waals surface area contributed by atoms with Gasteiger partial charge in [-0.25, -0.2) is 4.79 Å². The van der Waals surface area contributed by atoms with Crippen molar-refractivity contribution in [3.8, 4) is 0 Å². The summed E-state index contributed by atoms with van der Waals surface area (Å²) in [6.45, 7) is 5.79. The molecule has 0 saturated carbocycles. The Morgan fingerprint density at radius 3 is 2.32 bits per heavy atom. The predicted molar refractivity (Wildman–Crippen MR) is 78.7 cm³/mol. The summed E-state index contributed by atoms with van der Waals surface area (Å²) in [5.74, 6) is 0.708. The minimum Gasteiger partial charge on any atom is -0.630 e. The van der Waals surface area contributed by atoms with Crippen LogP contribution in [0.5, 0.6) is 0 Å². The molecular weight excluding hydrogens is 263 g/mol. The molecule has 0 aromatic rings. The number of esters is 1. The second-order valence-corrected chi connectivity index (χ2v) is 6.00. The van der Waals surface area contributed by atoms with Crippen molar-refractivity contribution in [2.75, 3.05) is 26.0 Å².